The fourth-order valence-corrected chi connectivity index (χ4v) is 5.79. The molecule has 0 aromatic carbocycles. The highest BCUT2D eigenvalue weighted by Gasteiger charge is 2.54. The summed E-state index contributed by atoms with van der Waals surface area (Å²) in [6.45, 7) is 2.91. The van der Waals surface area contributed by atoms with Crippen LogP contribution in [0.4, 0.5) is 0 Å². The van der Waals surface area contributed by atoms with Crippen LogP contribution in [0.25, 0.3) is 0 Å². The summed E-state index contributed by atoms with van der Waals surface area (Å²) in [6, 6.07) is 2.92. The molecule has 0 saturated carbocycles. The zero-order chi connectivity index (χ0) is 25.3. The number of thiophene rings is 1. The molecule has 0 spiro atoms. The number of alkyl halides is 2. The van der Waals surface area contributed by atoms with Gasteiger partial charge in [-0.3, -0.25) is 19.3 Å². The third-order valence-corrected chi connectivity index (χ3v) is 7.42. The smallest absolute Gasteiger partial charge is 0.352 e. The Morgan fingerprint density at radius 3 is 2.50 bits per heavy atom. The number of carboxylic acid groups (broad SMARTS) is 1. The first-order valence-electron chi connectivity index (χ1n) is 10.3. The fraction of sp³-hybridized carbons (Fsp3) is 0.524. The fourth-order valence-electron chi connectivity index (χ4n) is 3.18. The van der Waals surface area contributed by atoms with E-state index in [-0.39, 0.29) is 24.6 Å². The molecule has 1 aromatic rings. The van der Waals surface area contributed by atoms with Crippen molar-refractivity contribution in [2.24, 2.45) is 0 Å². The number of carbonyl (C=O) groups is 4. The molecule has 0 aliphatic carbocycles. The van der Waals surface area contributed by atoms with Gasteiger partial charge in [0.2, 0.25) is 5.91 Å². The van der Waals surface area contributed by atoms with Crippen molar-refractivity contribution in [3.63, 3.8) is 0 Å². The Bertz CT molecular complexity index is 906. The maximum absolute atomic E-state index is 12.4. The first-order valence-corrected chi connectivity index (χ1v) is 13.3. The molecule has 0 unspecified atom stereocenters. The highest BCUT2D eigenvalue weighted by Crippen LogP contribution is 2.40. The number of hydrogen-bond donors (Lipinski definition) is 2. The minimum Gasteiger partial charge on any atom is -0.477 e. The molecule has 34 heavy (non-hydrogen) atoms. The number of rotatable bonds is 10. The van der Waals surface area contributed by atoms with E-state index >= 15 is 0 Å². The summed E-state index contributed by atoms with van der Waals surface area (Å²) in [5.74, 6) is -0.851. The van der Waals surface area contributed by atoms with Gasteiger partial charge in [-0.25, -0.2) is 4.79 Å². The number of halogens is 2. The lowest BCUT2D eigenvalue weighted by Gasteiger charge is -2.49. The average Bonchev–Trinajstić information content (AvgIpc) is 3.29. The van der Waals surface area contributed by atoms with E-state index in [4.69, 9.17) is 27.9 Å². The first kappa shape index (κ1) is 28.4. The summed E-state index contributed by atoms with van der Waals surface area (Å²) in [5.41, 5.74) is 0.203. The van der Waals surface area contributed by atoms with E-state index < -0.39 is 29.3 Å². The number of esters is 1. The van der Waals surface area contributed by atoms with E-state index in [1.54, 1.807) is 0 Å². The van der Waals surface area contributed by atoms with Gasteiger partial charge in [0.25, 0.3) is 5.91 Å². The molecular formula is C21H27Cl2N3O6S2. The van der Waals surface area contributed by atoms with Crippen LogP contribution < -0.4 is 5.32 Å². The van der Waals surface area contributed by atoms with Crippen LogP contribution in [0.15, 0.2) is 28.8 Å². The second-order valence-electron chi connectivity index (χ2n) is 7.43. The van der Waals surface area contributed by atoms with Crippen molar-refractivity contribution in [3.8, 4) is 0 Å². The summed E-state index contributed by atoms with van der Waals surface area (Å²) in [5, 5.41) is 13.5. The van der Waals surface area contributed by atoms with Gasteiger partial charge in [-0.1, -0.05) is 6.07 Å². The van der Waals surface area contributed by atoms with Gasteiger partial charge in [-0.2, -0.15) is 0 Å². The van der Waals surface area contributed by atoms with E-state index in [1.807, 2.05) is 24.6 Å². The molecule has 9 nitrogen and oxygen atoms in total. The van der Waals surface area contributed by atoms with Crippen LogP contribution in [0.1, 0.15) is 11.8 Å². The summed E-state index contributed by atoms with van der Waals surface area (Å²) >= 11 is 13.7. The monoisotopic (exact) mass is 551 g/mol. The van der Waals surface area contributed by atoms with Crippen molar-refractivity contribution < 1.29 is 29.0 Å². The normalized spacial score (nSPS) is 19.1. The number of carbonyl (C=O) groups excluding carboxylic acids is 3. The van der Waals surface area contributed by atoms with Gasteiger partial charge in [0.15, 0.2) is 0 Å². The molecule has 2 atom stereocenters. The second-order valence-corrected chi connectivity index (χ2v) is 10.3. The topological polar surface area (TPSA) is 116 Å². The summed E-state index contributed by atoms with van der Waals surface area (Å²) in [7, 11) is 2.00. The highest BCUT2D eigenvalue weighted by molar-refractivity contribution is 8.00. The molecular weight excluding hydrogens is 525 g/mol. The number of hydrogen-bond acceptors (Lipinski definition) is 8. The third-order valence-electron chi connectivity index (χ3n) is 4.86. The molecule has 13 heteroatoms. The van der Waals surface area contributed by atoms with E-state index in [1.165, 1.54) is 30.0 Å². The zero-order valence-electron chi connectivity index (χ0n) is 18.8. The maximum Gasteiger partial charge on any atom is 0.352 e. The lowest BCUT2D eigenvalue weighted by Crippen LogP contribution is -2.70. The van der Waals surface area contributed by atoms with Crippen molar-refractivity contribution >= 4 is 70.1 Å². The number of carboxylic acids is 1. The maximum atomic E-state index is 12.4. The van der Waals surface area contributed by atoms with Gasteiger partial charge in [0.05, 0.1) is 6.42 Å². The van der Waals surface area contributed by atoms with Crippen LogP contribution in [0.3, 0.4) is 0 Å². The van der Waals surface area contributed by atoms with Crippen LogP contribution in [0.2, 0.25) is 0 Å². The van der Waals surface area contributed by atoms with E-state index in [0.717, 1.165) is 22.9 Å². The highest BCUT2D eigenvalue weighted by atomic mass is 35.5. The largest absolute Gasteiger partial charge is 0.477 e. The Morgan fingerprint density at radius 2 is 1.97 bits per heavy atom. The second kappa shape index (κ2) is 13.9. The number of nitrogens with zero attached hydrogens (tertiary/aromatic N) is 2. The van der Waals surface area contributed by atoms with Crippen LogP contribution >= 0.6 is 46.3 Å². The number of aliphatic carboxylic acids is 1. The molecule has 188 valence electrons. The summed E-state index contributed by atoms with van der Waals surface area (Å²) in [6.07, 6.45) is 0.179. The van der Waals surface area contributed by atoms with Crippen molar-refractivity contribution in [2.45, 2.75) is 24.8 Å². The van der Waals surface area contributed by atoms with Crippen molar-refractivity contribution in [3.05, 3.63) is 33.7 Å². The Hall–Kier alpha value is -1.79. The van der Waals surface area contributed by atoms with Crippen LogP contribution in [-0.4, -0.2) is 94.3 Å². The van der Waals surface area contributed by atoms with E-state index in [9.17, 15) is 24.3 Å². The lowest BCUT2D eigenvalue weighted by molar-refractivity contribution is -0.151. The van der Waals surface area contributed by atoms with E-state index in [2.05, 4.69) is 10.2 Å². The minimum absolute atomic E-state index is 0.163. The number of thioether (sulfide) groups is 1. The number of β-lactam (4-membered cyclic amide) rings is 1. The number of fused-ring (bicyclic) bond motifs is 1. The summed E-state index contributed by atoms with van der Waals surface area (Å²) in [4.78, 5) is 51.3. The van der Waals surface area contributed by atoms with Gasteiger partial charge in [0.1, 0.15) is 23.7 Å². The molecule has 1 saturated heterocycles. The van der Waals surface area contributed by atoms with Gasteiger partial charge in [0, 0.05) is 48.0 Å². The minimum atomic E-state index is -1.26. The molecule has 1 fully saturated rings. The molecule has 1 aromatic heterocycles. The standard InChI is InChI=1S/C16H16N2O6S2.C5H11Cl2N/c1-8(19)24-6-9-7-26-15-12(14(21)18(15)13(9)16(22)23)17-11(20)5-10-3-2-4-25-10;1-8(4-2-6)5-3-7/h2-4,12,15H,5-7H2,1H3,(H,17,20)(H,22,23);2-5H2,1H3/t12-,15-;/m1./s1. The number of amides is 2. The molecule has 2 N–H and O–H groups in total. The first-order chi connectivity index (χ1) is 16.2. The van der Waals surface area contributed by atoms with Crippen LogP contribution in [0, 0.1) is 0 Å². The molecule has 2 aliphatic rings. The van der Waals surface area contributed by atoms with Crippen molar-refractivity contribution in [1.82, 2.24) is 15.1 Å². The number of nitrogens with one attached hydrogen (secondary N) is 1. The molecule has 2 amide bonds. The number of ether oxygens (including phenoxy) is 1. The van der Waals surface area contributed by atoms with Crippen molar-refractivity contribution in [2.75, 3.05) is 44.3 Å². The van der Waals surface area contributed by atoms with E-state index in [0.29, 0.717) is 23.1 Å². The Balaban J connectivity index is 0.000000440. The Kier molecular flexibility index (Phi) is 11.7. The van der Waals surface area contributed by atoms with Crippen LogP contribution in [-0.2, 0) is 30.3 Å². The molecule has 3 rings (SSSR count). The van der Waals surface area contributed by atoms with Gasteiger partial charge < -0.3 is 20.1 Å². The van der Waals surface area contributed by atoms with Gasteiger partial charge in [-0.05, 0) is 18.5 Å². The predicted molar refractivity (Wildman–Crippen MR) is 133 cm³/mol. The third kappa shape index (κ3) is 7.88. The SMILES string of the molecule is CC(=O)OCC1=C(C(=O)O)N2C(=O)[C@@H](NC(=O)Cc3cccs3)[C@H]2SC1.CN(CCCl)CCCl. The average molecular weight is 553 g/mol. The van der Waals surface area contributed by atoms with Gasteiger partial charge >= 0.3 is 11.9 Å². The van der Waals surface area contributed by atoms with Gasteiger partial charge in [-0.15, -0.1) is 46.3 Å². The Morgan fingerprint density at radius 1 is 1.29 bits per heavy atom. The van der Waals surface area contributed by atoms with Crippen molar-refractivity contribution in [1.29, 1.82) is 0 Å². The van der Waals surface area contributed by atoms with Crippen LogP contribution in [0.5, 0.6) is 0 Å². The zero-order valence-corrected chi connectivity index (χ0v) is 21.9. The lowest BCUT2D eigenvalue weighted by atomic mass is 10.0. The predicted octanol–water partition coefficient (Wildman–Crippen LogP) is 1.99. The molecule has 2 aliphatic heterocycles. The molecule has 3 heterocycles. The Labute approximate surface area is 216 Å². The molecule has 0 bridgehead atoms. The quantitative estimate of drug-likeness (QED) is 0.257. The summed E-state index contributed by atoms with van der Waals surface area (Å²) < 4.78 is 4.87. The molecule has 0 radical (unpaired) electrons.